The van der Waals surface area contributed by atoms with Gasteiger partial charge in [0.2, 0.25) is 0 Å². The van der Waals surface area contributed by atoms with Crippen molar-refractivity contribution in [1.29, 1.82) is 0 Å². The molecule has 0 radical (unpaired) electrons. The molecule has 25 heavy (non-hydrogen) atoms. The second-order valence-corrected chi connectivity index (χ2v) is 7.49. The minimum absolute atomic E-state index is 0.133. The standard InChI is InChI=1S/C17H22N6OS/c1-18-12-3-2-6-23(9-12)17(24)14-10-22(7-8-25-14)16-13-4-5-19-15(13)20-11-21-16/h4-5,10-12,18H,2-3,6-9H2,1H3,(H,19,20,21)/t12-/m1/s1. The summed E-state index contributed by atoms with van der Waals surface area (Å²) in [6.07, 6.45) is 7.56. The summed E-state index contributed by atoms with van der Waals surface area (Å²) in [6, 6.07) is 2.37. The molecule has 0 unspecified atom stereocenters. The number of anilines is 1. The summed E-state index contributed by atoms with van der Waals surface area (Å²) in [5, 5.41) is 4.27. The maximum atomic E-state index is 12.9. The second kappa shape index (κ2) is 7.05. The maximum absolute atomic E-state index is 12.9. The van der Waals surface area contributed by atoms with E-state index in [1.54, 1.807) is 18.1 Å². The quantitative estimate of drug-likeness (QED) is 0.867. The first-order valence-electron chi connectivity index (χ1n) is 8.62. The molecular formula is C17H22N6OS. The topological polar surface area (TPSA) is 77.2 Å². The van der Waals surface area contributed by atoms with Gasteiger partial charge in [-0.1, -0.05) is 0 Å². The van der Waals surface area contributed by atoms with Gasteiger partial charge in [0, 0.05) is 43.8 Å². The molecule has 132 valence electrons. The number of carbonyl (C=O) groups is 1. The molecular weight excluding hydrogens is 336 g/mol. The molecule has 1 atom stereocenters. The molecule has 1 saturated heterocycles. The number of thioether (sulfide) groups is 1. The van der Waals surface area contributed by atoms with Crippen LogP contribution in [0, 0.1) is 0 Å². The summed E-state index contributed by atoms with van der Waals surface area (Å²) in [5.74, 6) is 1.86. The Hall–Kier alpha value is -2.06. The van der Waals surface area contributed by atoms with E-state index in [0.717, 1.165) is 60.0 Å². The number of hydrogen-bond donors (Lipinski definition) is 2. The van der Waals surface area contributed by atoms with Crippen molar-refractivity contribution in [2.75, 3.05) is 37.3 Å². The Bertz CT molecular complexity index is 803. The predicted molar refractivity (Wildman–Crippen MR) is 100 cm³/mol. The number of carbonyl (C=O) groups excluding carboxylic acids is 1. The van der Waals surface area contributed by atoms with Crippen LogP contribution in [0.15, 0.2) is 29.7 Å². The largest absolute Gasteiger partial charge is 0.346 e. The van der Waals surface area contributed by atoms with Crippen LogP contribution in [0.3, 0.4) is 0 Å². The normalized spacial score (nSPS) is 21.5. The van der Waals surface area contributed by atoms with Gasteiger partial charge < -0.3 is 20.1 Å². The molecule has 0 spiro atoms. The lowest BCUT2D eigenvalue weighted by Crippen LogP contribution is -2.47. The van der Waals surface area contributed by atoms with E-state index in [1.807, 2.05) is 30.4 Å². The fraction of sp³-hybridized carbons (Fsp3) is 0.471. The van der Waals surface area contributed by atoms with Crippen LogP contribution in [0.4, 0.5) is 5.82 Å². The average Bonchev–Trinajstić information content (AvgIpc) is 3.16. The van der Waals surface area contributed by atoms with Crippen LogP contribution in [0.2, 0.25) is 0 Å². The van der Waals surface area contributed by atoms with Crippen LogP contribution in [0.25, 0.3) is 11.0 Å². The van der Waals surface area contributed by atoms with E-state index in [1.165, 1.54) is 0 Å². The third-order valence-corrected chi connectivity index (χ3v) is 5.77. The zero-order valence-corrected chi connectivity index (χ0v) is 15.1. The van der Waals surface area contributed by atoms with E-state index in [-0.39, 0.29) is 5.91 Å². The van der Waals surface area contributed by atoms with Crippen molar-refractivity contribution in [3.63, 3.8) is 0 Å². The third-order valence-electron chi connectivity index (χ3n) is 4.80. The Morgan fingerprint density at radius 3 is 3.20 bits per heavy atom. The zero-order valence-electron chi connectivity index (χ0n) is 14.2. The number of aromatic amines is 1. The predicted octanol–water partition coefficient (Wildman–Crippen LogP) is 1.56. The number of likely N-dealkylation sites (tertiary alicyclic amines) is 1. The molecule has 0 aromatic carbocycles. The van der Waals surface area contributed by atoms with Crippen molar-refractivity contribution in [3.05, 3.63) is 29.7 Å². The van der Waals surface area contributed by atoms with Crippen LogP contribution in [-0.2, 0) is 4.79 Å². The molecule has 4 heterocycles. The lowest BCUT2D eigenvalue weighted by molar-refractivity contribution is -0.127. The monoisotopic (exact) mass is 358 g/mol. The Balaban J connectivity index is 1.58. The van der Waals surface area contributed by atoms with Gasteiger partial charge in [-0.15, -0.1) is 11.8 Å². The molecule has 1 amide bonds. The molecule has 2 N–H and O–H groups in total. The molecule has 2 aromatic heterocycles. The van der Waals surface area contributed by atoms with E-state index in [4.69, 9.17) is 0 Å². The van der Waals surface area contributed by atoms with Gasteiger partial charge in [0.05, 0.1) is 10.3 Å². The van der Waals surface area contributed by atoms with Crippen LogP contribution in [0.1, 0.15) is 12.8 Å². The van der Waals surface area contributed by atoms with Crippen molar-refractivity contribution in [2.24, 2.45) is 0 Å². The van der Waals surface area contributed by atoms with Gasteiger partial charge in [0.15, 0.2) is 0 Å². The highest BCUT2D eigenvalue weighted by Gasteiger charge is 2.27. The first-order valence-corrected chi connectivity index (χ1v) is 9.60. The lowest BCUT2D eigenvalue weighted by Gasteiger charge is -2.34. The first-order chi connectivity index (χ1) is 12.3. The molecule has 2 aromatic rings. The van der Waals surface area contributed by atoms with Crippen LogP contribution >= 0.6 is 11.8 Å². The third kappa shape index (κ3) is 3.23. The number of rotatable bonds is 3. The summed E-state index contributed by atoms with van der Waals surface area (Å²) < 4.78 is 0. The van der Waals surface area contributed by atoms with Gasteiger partial charge in [-0.2, -0.15) is 0 Å². The Kier molecular flexibility index (Phi) is 4.63. The van der Waals surface area contributed by atoms with Crippen LogP contribution < -0.4 is 10.2 Å². The highest BCUT2D eigenvalue weighted by Crippen LogP contribution is 2.30. The van der Waals surface area contributed by atoms with Crippen molar-refractivity contribution >= 4 is 34.5 Å². The van der Waals surface area contributed by atoms with Gasteiger partial charge in [0.1, 0.15) is 17.8 Å². The highest BCUT2D eigenvalue weighted by atomic mass is 32.2. The van der Waals surface area contributed by atoms with Gasteiger partial charge in [-0.05, 0) is 26.0 Å². The van der Waals surface area contributed by atoms with Gasteiger partial charge >= 0.3 is 0 Å². The van der Waals surface area contributed by atoms with Crippen molar-refractivity contribution in [1.82, 2.24) is 25.2 Å². The number of nitrogens with zero attached hydrogens (tertiary/aromatic N) is 4. The minimum atomic E-state index is 0.133. The number of piperidine rings is 1. The molecule has 0 bridgehead atoms. The summed E-state index contributed by atoms with van der Waals surface area (Å²) in [7, 11) is 1.96. The highest BCUT2D eigenvalue weighted by molar-refractivity contribution is 8.04. The average molecular weight is 358 g/mol. The number of fused-ring (bicyclic) bond motifs is 1. The van der Waals surface area contributed by atoms with Crippen molar-refractivity contribution in [3.8, 4) is 0 Å². The lowest BCUT2D eigenvalue weighted by atomic mass is 10.1. The molecule has 8 heteroatoms. The van der Waals surface area contributed by atoms with E-state index < -0.39 is 0 Å². The van der Waals surface area contributed by atoms with Crippen molar-refractivity contribution in [2.45, 2.75) is 18.9 Å². The number of nitrogens with one attached hydrogen (secondary N) is 2. The summed E-state index contributed by atoms with van der Waals surface area (Å²) >= 11 is 1.64. The molecule has 0 saturated carbocycles. The number of aromatic nitrogens is 3. The molecule has 2 aliphatic heterocycles. The minimum Gasteiger partial charge on any atom is -0.346 e. The van der Waals surface area contributed by atoms with Gasteiger partial charge in [-0.3, -0.25) is 4.79 Å². The van der Waals surface area contributed by atoms with Crippen LogP contribution in [0.5, 0.6) is 0 Å². The SMILES string of the molecule is CN[C@@H]1CCCN(C(=O)C2=CN(c3ncnc4[nH]ccc34)CCS2)C1. The zero-order chi connectivity index (χ0) is 17.2. The maximum Gasteiger partial charge on any atom is 0.261 e. The van der Waals surface area contributed by atoms with E-state index in [0.29, 0.717) is 6.04 Å². The Morgan fingerprint density at radius 2 is 2.32 bits per heavy atom. The van der Waals surface area contributed by atoms with Gasteiger partial charge in [-0.25, -0.2) is 9.97 Å². The molecule has 0 aliphatic carbocycles. The summed E-state index contributed by atoms with van der Waals surface area (Å²) in [4.78, 5) is 29.6. The molecule has 1 fully saturated rings. The molecule has 4 rings (SSSR count). The molecule has 2 aliphatic rings. The van der Waals surface area contributed by atoms with Gasteiger partial charge in [0.25, 0.3) is 5.91 Å². The second-order valence-electron chi connectivity index (χ2n) is 6.35. The Morgan fingerprint density at radius 1 is 1.40 bits per heavy atom. The van der Waals surface area contributed by atoms with E-state index >= 15 is 0 Å². The Labute approximate surface area is 150 Å². The summed E-state index contributed by atoms with van der Waals surface area (Å²) in [5.41, 5.74) is 0.817. The first kappa shape index (κ1) is 16.4. The van der Waals surface area contributed by atoms with E-state index in [2.05, 4.69) is 25.2 Å². The fourth-order valence-electron chi connectivity index (χ4n) is 3.42. The number of hydrogen-bond acceptors (Lipinski definition) is 6. The number of amides is 1. The van der Waals surface area contributed by atoms with E-state index in [9.17, 15) is 4.79 Å². The van der Waals surface area contributed by atoms with Crippen molar-refractivity contribution < 1.29 is 4.79 Å². The summed E-state index contributed by atoms with van der Waals surface area (Å²) in [6.45, 7) is 2.45. The van der Waals surface area contributed by atoms with Crippen LogP contribution in [-0.4, -0.2) is 64.2 Å². The number of likely N-dealkylation sites (N-methyl/N-ethyl adjacent to an activating group) is 1. The fourth-order valence-corrected chi connectivity index (χ4v) is 4.38. The number of H-pyrrole nitrogens is 1. The molecule has 7 nitrogen and oxygen atoms in total. The smallest absolute Gasteiger partial charge is 0.261 e.